The molecule has 0 aromatic heterocycles. The lowest BCUT2D eigenvalue weighted by Crippen LogP contribution is -2.28. The Hall–Kier alpha value is -3.34. The number of benzene rings is 3. The van der Waals surface area contributed by atoms with Crippen LogP contribution in [0.1, 0.15) is 28.9 Å². The molecule has 1 atom stereocenters. The molecular formula is C21H18N2O3. The number of amides is 2. The molecule has 4 rings (SSSR count). The first kappa shape index (κ1) is 16.1. The average Bonchev–Trinajstić information content (AvgIpc) is 2.67. The van der Waals surface area contributed by atoms with Gasteiger partial charge in [-0.05, 0) is 41.5 Å². The monoisotopic (exact) mass is 346 g/mol. The molecule has 130 valence electrons. The van der Waals surface area contributed by atoms with Gasteiger partial charge in [-0.25, -0.2) is 0 Å². The Bertz CT molecular complexity index is 1010. The van der Waals surface area contributed by atoms with Gasteiger partial charge in [0.15, 0.2) is 6.61 Å². The van der Waals surface area contributed by atoms with Gasteiger partial charge in [-0.1, -0.05) is 42.5 Å². The van der Waals surface area contributed by atoms with Crippen molar-refractivity contribution in [1.29, 1.82) is 0 Å². The van der Waals surface area contributed by atoms with Gasteiger partial charge < -0.3 is 15.4 Å². The van der Waals surface area contributed by atoms with E-state index in [-0.39, 0.29) is 24.5 Å². The number of rotatable bonds is 3. The summed E-state index contributed by atoms with van der Waals surface area (Å²) < 4.78 is 5.38. The Kier molecular flexibility index (Phi) is 4.05. The van der Waals surface area contributed by atoms with E-state index < -0.39 is 0 Å². The summed E-state index contributed by atoms with van der Waals surface area (Å²) in [7, 11) is 0. The van der Waals surface area contributed by atoms with Gasteiger partial charge in [0, 0.05) is 5.56 Å². The van der Waals surface area contributed by atoms with Gasteiger partial charge in [0.1, 0.15) is 5.75 Å². The van der Waals surface area contributed by atoms with E-state index in [0.717, 1.165) is 16.3 Å². The van der Waals surface area contributed by atoms with Crippen molar-refractivity contribution in [2.75, 3.05) is 11.9 Å². The van der Waals surface area contributed by atoms with Crippen molar-refractivity contribution in [2.24, 2.45) is 0 Å². The molecule has 1 aliphatic heterocycles. The molecule has 0 spiro atoms. The van der Waals surface area contributed by atoms with E-state index in [1.807, 2.05) is 31.2 Å². The molecule has 1 unspecified atom stereocenters. The van der Waals surface area contributed by atoms with Crippen LogP contribution in [-0.4, -0.2) is 18.4 Å². The molecule has 1 aliphatic rings. The van der Waals surface area contributed by atoms with Gasteiger partial charge in [-0.15, -0.1) is 0 Å². The van der Waals surface area contributed by atoms with E-state index in [4.69, 9.17) is 4.74 Å². The molecule has 2 N–H and O–H groups in total. The molecule has 3 aromatic rings. The first-order valence-corrected chi connectivity index (χ1v) is 8.47. The zero-order chi connectivity index (χ0) is 18.1. The van der Waals surface area contributed by atoms with Crippen LogP contribution in [0.4, 0.5) is 5.69 Å². The van der Waals surface area contributed by atoms with Gasteiger partial charge in [0.25, 0.3) is 11.8 Å². The minimum absolute atomic E-state index is 0.0372. The Morgan fingerprint density at radius 3 is 2.81 bits per heavy atom. The van der Waals surface area contributed by atoms with E-state index in [1.165, 1.54) is 0 Å². The van der Waals surface area contributed by atoms with Gasteiger partial charge in [0.2, 0.25) is 0 Å². The van der Waals surface area contributed by atoms with E-state index in [2.05, 4.69) is 28.8 Å². The molecule has 0 radical (unpaired) electrons. The summed E-state index contributed by atoms with van der Waals surface area (Å²) in [6.45, 7) is 1.93. The minimum atomic E-state index is -0.195. The number of hydrogen-bond acceptors (Lipinski definition) is 3. The van der Waals surface area contributed by atoms with Crippen LogP contribution in [0.2, 0.25) is 0 Å². The molecule has 0 bridgehead atoms. The van der Waals surface area contributed by atoms with Crippen LogP contribution < -0.4 is 15.4 Å². The van der Waals surface area contributed by atoms with Crippen molar-refractivity contribution >= 4 is 28.3 Å². The van der Waals surface area contributed by atoms with Gasteiger partial charge in [-0.2, -0.15) is 0 Å². The van der Waals surface area contributed by atoms with Crippen molar-refractivity contribution < 1.29 is 14.3 Å². The first-order chi connectivity index (χ1) is 12.6. The van der Waals surface area contributed by atoms with Crippen LogP contribution >= 0.6 is 0 Å². The molecule has 0 saturated heterocycles. The summed E-state index contributed by atoms with van der Waals surface area (Å²) in [6, 6.07) is 19.1. The Morgan fingerprint density at radius 2 is 1.92 bits per heavy atom. The summed E-state index contributed by atoms with van der Waals surface area (Å²) in [5.41, 5.74) is 2.14. The zero-order valence-electron chi connectivity index (χ0n) is 14.3. The lowest BCUT2D eigenvalue weighted by Gasteiger charge is -2.20. The maximum absolute atomic E-state index is 12.7. The average molecular weight is 346 g/mol. The summed E-state index contributed by atoms with van der Waals surface area (Å²) in [4.78, 5) is 24.0. The molecule has 0 saturated carbocycles. The summed E-state index contributed by atoms with van der Waals surface area (Å²) in [6.07, 6.45) is 0. The van der Waals surface area contributed by atoms with Crippen LogP contribution in [-0.2, 0) is 4.79 Å². The Balaban J connectivity index is 1.57. The maximum atomic E-state index is 12.7. The number of anilines is 1. The largest absolute Gasteiger partial charge is 0.482 e. The van der Waals surface area contributed by atoms with E-state index in [0.29, 0.717) is 17.0 Å². The SMILES string of the molecule is CC(NC(=O)c1ccc2c(c1)OCC(=O)N2)c1cccc2ccccc12. The lowest BCUT2D eigenvalue weighted by molar-refractivity contribution is -0.118. The summed E-state index contributed by atoms with van der Waals surface area (Å²) >= 11 is 0. The normalized spacial score (nSPS) is 14.1. The third kappa shape index (κ3) is 2.99. The maximum Gasteiger partial charge on any atom is 0.262 e. The van der Waals surface area contributed by atoms with Crippen molar-refractivity contribution in [1.82, 2.24) is 5.32 Å². The summed E-state index contributed by atoms with van der Waals surface area (Å²) in [5.74, 6) is 0.128. The lowest BCUT2D eigenvalue weighted by atomic mass is 9.99. The van der Waals surface area contributed by atoms with E-state index in [9.17, 15) is 9.59 Å². The Labute approximate surface area is 151 Å². The molecule has 0 aliphatic carbocycles. The van der Waals surface area contributed by atoms with Crippen LogP contribution in [0.15, 0.2) is 60.7 Å². The highest BCUT2D eigenvalue weighted by Gasteiger charge is 2.19. The summed E-state index contributed by atoms with van der Waals surface area (Å²) in [5, 5.41) is 8.02. The second-order valence-corrected chi connectivity index (χ2v) is 6.31. The minimum Gasteiger partial charge on any atom is -0.482 e. The zero-order valence-corrected chi connectivity index (χ0v) is 14.3. The highest BCUT2D eigenvalue weighted by molar-refractivity contribution is 5.99. The fourth-order valence-electron chi connectivity index (χ4n) is 3.20. The number of nitrogens with one attached hydrogen (secondary N) is 2. The van der Waals surface area contributed by atoms with Crippen molar-refractivity contribution in [2.45, 2.75) is 13.0 Å². The number of fused-ring (bicyclic) bond motifs is 2. The molecule has 3 aromatic carbocycles. The predicted molar refractivity (Wildman–Crippen MR) is 100 cm³/mol. The smallest absolute Gasteiger partial charge is 0.262 e. The number of carbonyl (C=O) groups excluding carboxylic acids is 2. The number of hydrogen-bond donors (Lipinski definition) is 2. The highest BCUT2D eigenvalue weighted by atomic mass is 16.5. The highest BCUT2D eigenvalue weighted by Crippen LogP contribution is 2.29. The quantitative estimate of drug-likeness (QED) is 0.760. The van der Waals surface area contributed by atoms with Crippen molar-refractivity contribution in [3.63, 3.8) is 0 Å². The molecule has 0 fully saturated rings. The second kappa shape index (κ2) is 6.52. The molecule has 5 heteroatoms. The van der Waals surface area contributed by atoms with Crippen LogP contribution in [0.5, 0.6) is 5.75 Å². The number of ether oxygens (including phenoxy) is 1. The molecule has 1 heterocycles. The van der Waals surface area contributed by atoms with Crippen molar-refractivity contribution in [3.05, 3.63) is 71.8 Å². The number of carbonyl (C=O) groups is 2. The predicted octanol–water partition coefficient (Wildman–Crippen LogP) is 3.66. The molecule has 26 heavy (non-hydrogen) atoms. The molecule has 2 amide bonds. The van der Waals surface area contributed by atoms with Crippen LogP contribution in [0.25, 0.3) is 10.8 Å². The molecular weight excluding hydrogens is 328 g/mol. The van der Waals surface area contributed by atoms with E-state index >= 15 is 0 Å². The second-order valence-electron chi connectivity index (χ2n) is 6.31. The third-order valence-corrected chi connectivity index (χ3v) is 4.51. The Morgan fingerprint density at radius 1 is 1.12 bits per heavy atom. The van der Waals surface area contributed by atoms with Gasteiger partial charge in [0.05, 0.1) is 11.7 Å². The van der Waals surface area contributed by atoms with Gasteiger partial charge in [-0.3, -0.25) is 9.59 Å². The fraction of sp³-hybridized carbons (Fsp3) is 0.143. The third-order valence-electron chi connectivity index (χ3n) is 4.51. The van der Waals surface area contributed by atoms with Crippen LogP contribution in [0, 0.1) is 0 Å². The molecule has 5 nitrogen and oxygen atoms in total. The van der Waals surface area contributed by atoms with E-state index in [1.54, 1.807) is 18.2 Å². The van der Waals surface area contributed by atoms with Crippen molar-refractivity contribution in [3.8, 4) is 5.75 Å². The van der Waals surface area contributed by atoms with Gasteiger partial charge >= 0.3 is 0 Å². The topological polar surface area (TPSA) is 67.4 Å². The van der Waals surface area contributed by atoms with Crippen LogP contribution in [0.3, 0.4) is 0 Å². The first-order valence-electron chi connectivity index (χ1n) is 8.47. The standard InChI is InChI=1S/C21H18N2O3/c1-13(16-8-4-6-14-5-2-3-7-17(14)16)22-21(25)15-9-10-18-19(11-15)26-12-20(24)23-18/h2-11,13H,12H2,1H3,(H,22,25)(H,23,24). The fourth-order valence-corrected chi connectivity index (χ4v) is 3.20.